The van der Waals surface area contributed by atoms with Gasteiger partial charge in [0.25, 0.3) is 5.91 Å². The number of amides is 1. The van der Waals surface area contributed by atoms with Gasteiger partial charge in [-0.3, -0.25) is 9.79 Å². The number of nitriles is 1. The lowest BCUT2D eigenvalue weighted by Gasteiger charge is -2.32. The first-order valence-corrected chi connectivity index (χ1v) is 8.79. The molecule has 2 N–H and O–H groups in total. The maximum atomic E-state index is 12.4. The van der Waals surface area contributed by atoms with Crippen LogP contribution in [0.25, 0.3) is 0 Å². The van der Waals surface area contributed by atoms with Crippen LogP contribution in [-0.2, 0) is 5.54 Å². The van der Waals surface area contributed by atoms with Crippen LogP contribution in [0.5, 0.6) is 0 Å². The minimum Gasteiger partial charge on any atom is -0.352 e. The summed E-state index contributed by atoms with van der Waals surface area (Å²) < 4.78 is 0. The number of anilines is 1. The van der Waals surface area contributed by atoms with Crippen molar-refractivity contribution in [3.8, 4) is 6.07 Å². The first kappa shape index (κ1) is 17.7. The number of thioether (sulfide) groups is 1. The van der Waals surface area contributed by atoms with E-state index < -0.39 is 5.54 Å². The van der Waals surface area contributed by atoms with Crippen molar-refractivity contribution in [1.29, 1.82) is 5.26 Å². The van der Waals surface area contributed by atoms with E-state index in [-0.39, 0.29) is 11.6 Å². The van der Waals surface area contributed by atoms with E-state index in [2.05, 4.69) is 33.6 Å². The molecule has 0 spiro atoms. The fourth-order valence-corrected chi connectivity index (χ4v) is 3.36. The van der Waals surface area contributed by atoms with Crippen molar-refractivity contribution in [3.63, 3.8) is 0 Å². The molecule has 1 aliphatic rings. The number of nitrogens with zero attached hydrogens (tertiary/aromatic N) is 3. The molecule has 1 atom stereocenters. The lowest BCUT2D eigenvalue weighted by atomic mass is 9.92. The number of aromatic nitrogens is 1. The van der Waals surface area contributed by atoms with Gasteiger partial charge in [0.2, 0.25) is 0 Å². The molecule has 2 heterocycles. The zero-order valence-corrected chi connectivity index (χ0v) is 15.2. The largest absolute Gasteiger partial charge is 0.352 e. The topological polar surface area (TPSA) is 90.2 Å². The number of carbonyl (C=O) groups is 1. The van der Waals surface area contributed by atoms with Crippen LogP contribution >= 0.6 is 11.8 Å². The van der Waals surface area contributed by atoms with Crippen LogP contribution in [0.2, 0.25) is 0 Å². The normalized spacial score (nSPS) is 20.3. The standard InChI is InChI=1S/C19H17N5OS/c1-19(8-9-26-18(21-2)24-19)14-4-3-5-15(10-14)23-17(25)16-7-6-13(11-20)12-22-16/h3-10,12H,1-2H3,(H,21,24)(H,23,25)/t19-/m0/s1. The zero-order valence-electron chi connectivity index (χ0n) is 14.4. The second-order valence-electron chi connectivity index (χ2n) is 5.86. The maximum Gasteiger partial charge on any atom is 0.274 e. The number of benzene rings is 1. The van der Waals surface area contributed by atoms with Gasteiger partial charge in [0.15, 0.2) is 5.17 Å². The van der Waals surface area contributed by atoms with Crippen LogP contribution in [-0.4, -0.2) is 23.1 Å². The molecule has 26 heavy (non-hydrogen) atoms. The van der Waals surface area contributed by atoms with Crippen molar-refractivity contribution in [1.82, 2.24) is 10.3 Å². The van der Waals surface area contributed by atoms with E-state index in [1.54, 1.807) is 13.1 Å². The van der Waals surface area contributed by atoms with Gasteiger partial charge in [0.1, 0.15) is 11.8 Å². The number of amidine groups is 1. The third kappa shape index (κ3) is 3.76. The fraction of sp³-hybridized carbons (Fsp3) is 0.158. The molecule has 0 unspecified atom stereocenters. The number of pyridine rings is 1. The lowest BCUT2D eigenvalue weighted by molar-refractivity contribution is 0.102. The highest BCUT2D eigenvalue weighted by Gasteiger charge is 2.27. The monoisotopic (exact) mass is 363 g/mol. The Bertz CT molecular complexity index is 930. The molecule has 0 radical (unpaired) electrons. The first-order valence-electron chi connectivity index (χ1n) is 7.91. The van der Waals surface area contributed by atoms with Crippen LogP contribution in [0.15, 0.2) is 59.1 Å². The summed E-state index contributed by atoms with van der Waals surface area (Å²) in [6, 6.07) is 12.7. The zero-order chi connectivity index (χ0) is 18.6. The molecule has 0 bridgehead atoms. The van der Waals surface area contributed by atoms with E-state index in [9.17, 15) is 4.79 Å². The van der Waals surface area contributed by atoms with Gasteiger partial charge < -0.3 is 10.6 Å². The molecule has 1 aliphatic heterocycles. The summed E-state index contributed by atoms with van der Waals surface area (Å²) in [6.45, 7) is 2.05. The molecular weight excluding hydrogens is 346 g/mol. The van der Waals surface area contributed by atoms with Gasteiger partial charge in [-0.2, -0.15) is 5.26 Å². The van der Waals surface area contributed by atoms with Crippen LogP contribution < -0.4 is 10.6 Å². The number of aliphatic imine (C=N–C) groups is 1. The molecule has 130 valence electrons. The Hall–Kier alpha value is -3.11. The Morgan fingerprint density at radius 2 is 2.23 bits per heavy atom. The van der Waals surface area contributed by atoms with Crippen molar-refractivity contribution < 1.29 is 4.79 Å². The Labute approximate surface area is 156 Å². The highest BCUT2D eigenvalue weighted by atomic mass is 32.2. The van der Waals surface area contributed by atoms with E-state index in [1.807, 2.05) is 35.7 Å². The third-order valence-electron chi connectivity index (χ3n) is 4.00. The quantitative estimate of drug-likeness (QED) is 0.873. The van der Waals surface area contributed by atoms with Crippen LogP contribution in [0, 0.1) is 11.3 Å². The molecule has 0 fully saturated rings. The lowest BCUT2D eigenvalue weighted by Crippen LogP contribution is -2.42. The van der Waals surface area contributed by atoms with Gasteiger partial charge in [-0.25, -0.2) is 4.98 Å². The van der Waals surface area contributed by atoms with E-state index in [0.717, 1.165) is 10.7 Å². The van der Waals surface area contributed by atoms with Gasteiger partial charge >= 0.3 is 0 Å². The summed E-state index contributed by atoms with van der Waals surface area (Å²) in [5.41, 5.74) is 1.93. The molecule has 0 saturated heterocycles. The van der Waals surface area contributed by atoms with Crippen LogP contribution in [0.4, 0.5) is 5.69 Å². The molecule has 2 aromatic rings. The second-order valence-corrected chi connectivity index (χ2v) is 6.75. The van der Waals surface area contributed by atoms with E-state index >= 15 is 0 Å². The third-order valence-corrected chi connectivity index (χ3v) is 4.78. The van der Waals surface area contributed by atoms with Crippen molar-refractivity contribution >= 4 is 28.5 Å². The van der Waals surface area contributed by atoms with Gasteiger partial charge in [-0.1, -0.05) is 23.9 Å². The predicted molar refractivity (Wildman–Crippen MR) is 104 cm³/mol. The smallest absolute Gasteiger partial charge is 0.274 e. The maximum absolute atomic E-state index is 12.4. The Kier molecular flexibility index (Phi) is 5.05. The van der Waals surface area contributed by atoms with Crippen LogP contribution in [0.3, 0.4) is 0 Å². The summed E-state index contributed by atoms with van der Waals surface area (Å²) in [7, 11) is 1.75. The number of rotatable bonds is 3. The Morgan fingerprint density at radius 3 is 2.92 bits per heavy atom. The van der Waals surface area contributed by atoms with E-state index in [0.29, 0.717) is 11.3 Å². The molecule has 7 heteroatoms. The second kappa shape index (κ2) is 7.42. The number of hydrogen-bond acceptors (Lipinski definition) is 5. The molecule has 0 aliphatic carbocycles. The van der Waals surface area contributed by atoms with Crippen molar-refractivity contribution in [2.75, 3.05) is 12.4 Å². The molecule has 1 aromatic carbocycles. The summed E-state index contributed by atoms with van der Waals surface area (Å²) in [6.07, 6.45) is 3.45. The summed E-state index contributed by atoms with van der Waals surface area (Å²) in [5.74, 6) is -0.324. The Balaban J connectivity index is 1.81. The predicted octanol–water partition coefficient (Wildman–Crippen LogP) is 3.26. The number of hydrogen-bond donors (Lipinski definition) is 2. The van der Waals surface area contributed by atoms with Gasteiger partial charge in [-0.15, -0.1) is 0 Å². The highest BCUT2D eigenvalue weighted by molar-refractivity contribution is 8.16. The molecule has 0 saturated carbocycles. The molecular formula is C19H17N5OS. The van der Waals surface area contributed by atoms with E-state index in [1.165, 1.54) is 24.0 Å². The van der Waals surface area contributed by atoms with Gasteiger partial charge in [-0.05, 0) is 48.2 Å². The summed E-state index contributed by atoms with van der Waals surface area (Å²) in [5, 5.41) is 17.9. The summed E-state index contributed by atoms with van der Waals surface area (Å²) in [4.78, 5) is 20.6. The van der Waals surface area contributed by atoms with Crippen molar-refractivity contribution in [3.05, 3.63) is 70.9 Å². The SMILES string of the molecule is CN=C1N[C@](C)(c2cccc(NC(=O)c3ccc(C#N)cn3)c2)C=CS1. The minimum absolute atomic E-state index is 0.258. The molecule has 6 nitrogen and oxygen atoms in total. The van der Waals surface area contributed by atoms with Gasteiger partial charge in [0.05, 0.1) is 11.1 Å². The average molecular weight is 363 g/mol. The van der Waals surface area contributed by atoms with Crippen molar-refractivity contribution in [2.24, 2.45) is 4.99 Å². The number of nitrogens with one attached hydrogen (secondary N) is 2. The molecule has 3 rings (SSSR count). The van der Waals surface area contributed by atoms with E-state index in [4.69, 9.17) is 5.26 Å². The minimum atomic E-state index is -0.409. The molecule has 1 aromatic heterocycles. The van der Waals surface area contributed by atoms with Crippen molar-refractivity contribution in [2.45, 2.75) is 12.5 Å². The molecule has 1 amide bonds. The highest BCUT2D eigenvalue weighted by Crippen LogP contribution is 2.30. The Morgan fingerprint density at radius 1 is 1.38 bits per heavy atom. The first-order chi connectivity index (χ1) is 12.5. The number of carbonyl (C=O) groups excluding carboxylic acids is 1. The average Bonchev–Trinajstić information content (AvgIpc) is 2.68. The summed E-state index contributed by atoms with van der Waals surface area (Å²) >= 11 is 1.53. The van der Waals surface area contributed by atoms with Crippen LogP contribution in [0.1, 0.15) is 28.5 Å². The van der Waals surface area contributed by atoms with Gasteiger partial charge in [0, 0.05) is 18.9 Å². The fourth-order valence-electron chi connectivity index (χ4n) is 2.51.